The molecule has 0 bridgehead atoms. The lowest BCUT2D eigenvalue weighted by atomic mass is 9.93. The Morgan fingerprint density at radius 1 is 1.38 bits per heavy atom. The van der Waals surface area contributed by atoms with Crippen molar-refractivity contribution in [2.45, 2.75) is 53.0 Å². The zero-order valence-corrected chi connectivity index (χ0v) is 11.1. The zero-order chi connectivity index (χ0) is 11.9. The quantitative estimate of drug-likeness (QED) is 0.730. The van der Waals surface area contributed by atoms with Gasteiger partial charge in [-0.15, -0.1) is 0 Å². The van der Waals surface area contributed by atoms with Crippen LogP contribution < -0.4 is 0 Å². The van der Waals surface area contributed by atoms with Crippen LogP contribution in [0.3, 0.4) is 0 Å². The molecule has 2 heteroatoms. The largest absolute Gasteiger partial charge is 0.298 e. The highest BCUT2D eigenvalue weighted by molar-refractivity contribution is 5.84. The van der Waals surface area contributed by atoms with Crippen LogP contribution in [-0.4, -0.2) is 29.8 Å². The van der Waals surface area contributed by atoms with Gasteiger partial charge >= 0.3 is 0 Å². The van der Waals surface area contributed by atoms with Crippen molar-refractivity contribution in [2.75, 3.05) is 13.1 Å². The summed E-state index contributed by atoms with van der Waals surface area (Å²) in [6.07, 6.45) is 3.19. The number of rotatable bonds is 4. The first kappa shape index (κ1) is 12.1. The van der Waals surface area contributed by atoms with Gasteiger partial charge in [-0.05, 0) is 36.6 Å². The van der Waals surface area contributed by atoms with Gasteiger partial charge in [0.15, 0.2) is 0 Å². The van der Waals surface area contributed by atoms with Gasteiger partial charge in [-0.25, -0.2) is 0 Å². The van der Waals surface area contributed by atoms with Crippen molar-refractivity contribution in [3.05, 3.63) is 0 Å². The van der Waals surface area contributed by atoms with Gasteiger partial charge in [0.2, 0.25) is 0 Å². The summed E-state index contributed by atoms with van der Waals surface area (Å²) in [5, 5.41) is 0. The van der Waals surface area contributed by atoms with Crippen molar-refractivity contribution in [3.8, 4) is 0 Å². The van der Waals surface area contributed by atoms with Gasteiger partial charge in [-0.2, -0.15) is 0 Å². The maximum Gasteiger partial charge on any atom is 0.149 e. The molecule has 2 fully saturated rings. The average Bonchev–Trinajstić information content (AvgIpc) is 2.82. The van der Waals surface area contributed by atoms with Crippen LogP contribution in [-0.2, 0) is 4.79 Å². The van der Waals surface area contributed by atoms with Gasteiger partial charge < -0.3 is 0 Å². The summed E-state index contributed by atoms with van der Waals surface area (Å²) < 4.78 is 0. The minimum absolute atomic E-state index is 0.235. The highest BCUT2D eigenvalue weighted by atomic mass is 16.1. The number of ketones is 1. The van der Waals surface area contributed by atoms with E-state index >= 15 is 0 Å². The molecular formula is C14H25NO. The van der Waals surface area contributed by atoms with Gasteiger partial charge in [0.1, 0.15) is 5.78 Å². The number of hydrogen-bond acceptors (Lipinski definition) is 2. The lowest BCUT2D eigenvalue weighted by Gasteiger charge is -2.20. The Labute approximate surface area is 99.4 Å². The fourth-order valence-corrected chi connectivity index (χ4v) is 3.72. The van der Waals surface area contributed by atoms with Crippen LogP contribution in [0.4, 0.5) is 0 Å². The van der Waals surface area contributed by atoms with E-state index < -0.39 is 0 Å². The smallest absolute Gasteiger partial charge is 0.149 e. The fourth-order valence-electron chi connectivity index (χ4n) is 3.72. The molecule has 1 heterocycles. The molecule has 1 saturated heterocycles. The molecule has 0 radical (unpaired) electrons. The Morgan fingerprint density at radius 2 is 2.06 bits per heavy atom. The number of Topliss-reactive ketones (excluding diaryl/α,β-unsaturated/α-hetero) is 1. The Bertz CT molecular complexity index is 286. The van der Waals surface area contributed by atoms with E-state index in [0.29, 0.717) is 17.6 Å². The normalized spacial score (nSPS) is 38.6. The number of carbonyl (C=O) groups is 1. The predicted octanol–water partition coefficient (Wildman–Crippen LogP) is 2.72. The fraction of sp³-hybridized carbons (Fsp3) is 0.929. The van der Waals surface area contributed by atoms with E-state index in [4.69, 9.17) is 0 Å². The number of hydrogen-bond donors (Lipinski definition) is 0. The summed E-state index contributed by atoms with van der Waals surface area (Å²) in [6.45, 7) is 11.0. The van der Waals surface area contributed by atoms with Crippen molar-refractivity contribution in [1.29, 1.82) is 0 Å². The summed E-state index contributed by atoms with van der Waals surface area (Å²) in [7, 11) is 0. The molecule has 92 valence electrons. The summed E-state index contributed by atoms with van der Waals surface area (Å²) >= 11 is 0. The maximum absolute atomic E-state index is 11.9. The van der Waals surface area contributed by atoms with E-state index in [1.54, 1.807) is 0 Å². The van der Waals surface area contributed by atoms with E-state index in [1.165, 1.54) is 13.0 Å². The molecule has 1 saturated carbocycles. The molecule has 0 aromatic carbocycles. The first-order valence-electron chi connectivity index (χ1n) is 6.81. The van der Waals surface area contributed by atoms with Crippen molar-refractivity contribution in [3.63, 3.8) is 0 Å². The minimum atomic E-state index is 0.235. The van der Waals surface area contributed by atoms with Crippen LogP contribution in [0, 0.1) is 17.3 Å². The number of nitrogens with zero attached hydrogens (tertiary/aromatic N) is 1. The number of carbonyl (C=O) groups excluding carboxylic acids is 1. The third kappa shape index (κ3) is 1.81. The van der Waals surface area contributed by atoms with Gasteiger partial charge in [-0.1, -0.05) is 27.7 Å². The first-order valence-corrected chi connectivity index (χ1v) is 6.81. The summed E-state index contributed by atoms with van der Waals surface area (Å²) in [5.74, 6) is 2.11. The van der Waals surface area contributed by atoms with Crippen LogP contribution in [0.5, 0.6) is 0 Å². The highest BCUT2D eigenvalue weighted by Crippen LogP contribution is 2.62. The molecule has 0 N–H and O–H groups in total. The van der Waals surface area contributed by atoms with Gasteiger partial charge in [0.05, 0.1) is 6.04 Å². The van der Waals surface area contributed by atoms with E-state index in [2.05, 4.69) is 25.7 Å². The van der Waals surface area contributed by atoms with Gasteiger partial charge in [0.25, 0.3) is 0 Å². The van der Waals surface area contributed by atoms with E-state index in [0.717, 1.165) is 24.8 Å². The van der Waals surface area contributed by atoms with Crippen molar-refractivity contribution < 1.29 is 4.79 Å². The van der Waals surface area contributed by atoms with Crippen molar-refractivity contribution in [1.82, 2.24) is 4.90 Å². The molecule has 1 aliphatic carbocycles. The molecule has 2 rings (SSSR count). The van der Waals surface area contributed by atoms with E-state index in [9.17, 15) is 4.79 Å². The Hall–Kier alpha value is -0.370. The van der Waals surface area contributed by atoms with Crippen LogP contribution in [0.1, 0.15) is 47.0 Å². The molecule has 1 aliphatic heterocycles. The molecule has 2 nitrogen and oxygen atoms in total. The number of likely N-dealkylation sites (N-methyl/N-ethyl adjacent to an activating group) is 1. The average molecular weight is 223 g/mol. The van der Waals surface area contributed by atoms with Gasteiger partial charge in [0, 0.05) is 13.0 Å². The molecule has 0 aromatic rings. The topological polar surface area (TPSA) is 20.3 Å². The lowest BCUT2D eigenvalue weighted by molar-refractivity contribution is -0.123. The standard InChI is InChI=1S/C14H25NO/c1-5-13(16)12-8-14(9-15(12)6-2)7-11(14)10(3)4/h10-12H,5-9H2,1-4H3/t11?,12-,14-/m0/s1. The molecule has 0 amide bonds. The molecular weight excluding hydrogens is 198 g/mol. The SMILES string of the molecule is CCC(=O)[C@@H]1C[C@@]2(CC2C(C)C)CN1CC. The zero-order valence-electron chi connectivity index (χ0n) is 11.1. The second-order valence-corrected chi connectivity index (χ2v) is 6.02. The summed E-state index contributed by atoms with van der Waals surface area (Å²) in [4.78, 5) is 14.3. The van der Waals surface area contributed by atoms with E-state index in [-0.39, 0.29) is 6.04 Å². The second-order valence-electron chi connectivity index (χ2n) is 6.02. The molecule has 0 aromatic heterocycles. The molecule has 2 aliphatic rings. The second kappa shape index (κ2) is 4.14. The van der Waals surface area contributed by atoms with Crippen LogP contribution in [0.15, 0.2) is 0 Å². The highest BCUT2D eigenvalue weighted by Gasteiger charge is 2.61. The minimum Gasteiger partial charge on any atom is -0.298 e. The summed E-state index contributed by atoms with van der Waals surface area (Å²) in [5.41, 5.74) is 0.514. The van der Waals surface area contributed by atoms with Gasteiger partial charge in [-0.3, -0.25) is 9.69 Å². The van der Waals surface area contributed by atoms with Crippen molar-refractivity contribution >= 4 is 5.78 Å². The van der Waals surface area contributed by atoms with Crippen LogP contribution >= 0.6 is 0 Å². The molecule has 1 spiro atoms. The Kier molecular flexibility index (Phi) is 3.13. The predicted molar refractivity (Wildman–Crippen MR) is 66.3 cm³/mol. The lowest BCUT2D eigenvalue weighted by Crippen LogP contribution is -2.35. The number of likely N-dealkylation sites (tertiary alicyclic amines) is 1. The maximum atomic E-state index is 11.9. The van der Waals surface area contributed by atoms with Crippen molar-refractivity contribution in [2.24, 2.45) is 17.3 Å². The molecule has 16 heavy (non-hydrogen) atoms. The molecule has 3 atom stereocenters. The van der Waals surface area contributed by atoms with Crippen LogP contribution in [0.25, 0.3) is 0 Å². The first-order chi connectivity index (χ1) is 7.54. The monoisotopic (exact) mass is 223 g/mol. The summed E-state index contributed by atoms with van der Waals surface area (Å²) in [6, 6.07) is 0.235. The third-order valence-electron chi connectivity index (χ3n) is 4.74. The molecule has 1 unspecified atom stereocenters. The van der Waals surface area contributed by atoms with E-state index in [1.807, 2.05) is 6.92 Å². The Balaban J connectivity index is 2.06. The third-order valence-corrected chi connectivity index (χ3v) is 4.74. The Morgan fingerprint density at radius 3 is 2.50 bits per heavy atom. The van der Waals surface area contributed by atoms with Crippen LogP contribution in [0.2, 0.25) is 0 Å².